The van der Waals surface area contributed by atoms with Crippen molar-refractivity contribution in [3.05, 3.63) is 70.9 Å². The van der Waals surface area contributed by atoms with E-state index in [4.69, 9.17) is 4.74 Å². The maximum Gasteiger partial charge on any atom is 0.330 e. The average Bonchev–Trinajstić information content (AvgIpc) is 3.56. The van der Waals surface area contributed by atoms with Crippen LogP contribution >= 0.6 is 0 Å². The summed E-state index contributed by atoms with van der Waals surface area (Å²) in [6, 6.07) is 13.2. The van der Waals surface area contributed by atoms with Gasteiger partial charge in [0.05, 0.1) is 42.2 Å². The summed E-state index contributed by atoms with van der Waals surface area (Å²) in [7, 11) is 1.61. The van der Waals surface area contributed by atoms with Gasteiger partial charge in [-0.1, -0.05) is 30.3 Å². The first kappa shape index (κ1) is 20.2. The van der Waals surface area contributed by atoms with Gasteiger partial charge in [0.15, 0.2) is 5.65 Å². The van der Waals surface area contributed by atoms with Gasteiger partial charge in [-0.15, -0.1) is 0 Å². The highest BCUT2D eigenvalue weighted by Crippen LogP contribution is 2.28. The molecule has 164 valence electrons. The molecule has 9 nitrogen and oxygen atoms in total. The SMILES string of the molecule is COCCn1c(=O)n([C@@H]2CCN(C(=O)c3cn[nH]c3-c3ccccc3)C2)c2ncccc21. The molecular formula is C23H24N6O3. The van der Waals surface area contributed by atoms with E-state index in [9.17, 15) is 9.59 Å². The normalized spacial score (nSPS) is 16.2. The number of H-pyrrole nitrogens is 1. The minimum absolute atomic E-state index is 0.0933. The van der Waals surface area contributed by atoms with Crippen LogP contribution in [0.1, 0.15) is 22.8 Å². The zero-order chi connectivity index (χ0) is 22.1. The van der Waals surface area contributed by atoms with Gasteiger partial charge in [-0.05, 0) is 18.6 Å². The van der Waals surface area contributed by atoms with E-state index < -0.39 is 0 Å². The number of aromatic nitrogens is 5. The number of likely N-dealkylation sites (tertiary alicyclic amines) is 1. The van der Waals surface area contributed by atoms with Gasteiger partial charge < -0.3 is 9.64 Å². The van der Waals surface area contributed by atoms with Gasteiger partial charge in [0.2, 0.25) is 0 Å². The molecule has 32 heavy (non-hydrogen) atoms. The third kappa shape index (κ3) is 3.40. The topological polar surface area (TPSA) is 98.0 Å². The van der Waals surface area contributed by atoms with Crippen LogP contribution in [0.15, 0.2) is 59.7 Å². The van der Waals surface area contributed by atoms with Crippen molar-refractivity contribution in [3.8, 4) is 11.3 Å². The van der Waals surface area contributed by atoms with Crippen molar-refractivity contribution >= 4 is 17.1 Å². The summed E-state index contributed by atoms with van der Waals surface area (Å²) in [6.45, 7) is 1.90. The minimum atomic E-state index is -0.139. The first-order valence-corrected chi connectivity index (χ1v) is 10.6. The third-order valence-corrected chi connectivity index (χ3v) is 5.99. The van der Waals surface area contributed by atoms with Crippen molar-refractivity contribution in [1.82, 2.24) is 29.2 Å². The predicted molar refractivity (Wildman–Crippen MR) is 119 cm³/mol. The molecule has 0 saturated carbocycles. The molecule has 1 amide bonds. The van der Waals surface area contributed by atoms with Crippen LogP contribution in [-0.2, 0) is 11.3 Å². The van der Waals surface area contributed by atoms with E-state index in [0.29, 0.717) is 49.6 Å². The molecule has 1 N–H and O–H groups in total. The molecule has 1 aliphatic heterocycles. The molecule has 4 heterocycles. The molecular weight excluding hydrogens is 408 g/mol. The standard InChI is InChI=1S/C23H24N6O3/c1-32-13-12-28-19-8-5-10-24-21(19)29(23(28)31)17-9-11-27(15-17)22(30)18-14-25-26-20(18)16-6-3-2-4-7-16/h2-8,10,14,17H,9,11-13,15H2,1H3,(H,25,26)/t17-/m1/s1. The lowest BCUT2D eigenvalue weighted by molar-refractivity contribution is 0.0788. The second kappa shape index (κ2) is 8.43. The van der Waals surface area contributed by atoms with Gasteiger partial charge in [0, 0.05) is 32.0 Å². The molecule has 0 unspecified atom stereocenters. The number of hydrogen-bond donors (Lipinski definition) is 1. The number of aromatic amines is 1. The van der Waals surface area contributed by atoms with E-state index in [-0.39, 0.29) is 17.6 Å². The number of amides is 1. The van der Waals surface area contributed by atoms with Crippen LogP contribution in [0.25, 0.3) is 22.4 Å². The number of hydrogen-bond acceptors (Lipinski definition) is 5. The quantitative estimate of drug-likeness (QED) is 0.504. The van der Waals surface area contributed by atoms with E-state index in [1.807, 2.05) is 42.5 Å². The lowest BCUT2D eigenvalue weighted by Crippen LogP contribution is -2.32. The van der Waals surface area contributed by atoms with Crippen molar-refractivity contribution in [2.45, 2.75) is 19.0 Å². The predicted octanol–water partition coefficient (Wildman–Crippen LogP) is 2.32. The first-order chi connectivity index (χ1) is 15.7. The highest BCUT2D eigenvalue weighted by molar-refractivity contribution is 5.99. The Kier molecular flexibility index (Phi) is 5.32. The number of carbonyl (C=O) groups is 1. The highest BCUT2D eigenvalue weighted by Gasteiger charge is 2.32. The summed E-state index contributed by atoms with van der Waals surface area (Å²) in [5, 5.41) is 7.05. The van der Waals surface area contributed by atoms with E-state index in [0.717, 1.165) is 11.1 Å². The summed E-state index contributed by atoms with van der Waals surface area (Å²) in [6.07, 6.45) is 3.95. The van der Waals surface area contributed by atoms with Gasteiger partial charge in [-0.3, -0.25) is 19.0 Å². The summed E-state index contributed by atoms with van der Waals surface area (Å²) >= 11 is 0. The summed E-state index contributed by atoms with van der Waals surface area (Å²) in [4.78, 5) is 32.8. The number of nitrogens with one attached hydrogen (secondary N) is 1. The number of nitrogens with zero attached hydrogens (tertiary/aromatic N) is 5. The molecule has 0 bridgehead atoms. The number of benzene rings is 1. The maximum absolute atomic E-state index is 13.3. The van der Waals surface area contributed by atoms with Crippen molar-refractivity contribution in [2.75, 3.05) is 26.8 Å². The molecule has 1 atom stereocenters. The lowest BCUT2D eigenvalue weighted by atomic mass is 10.1. The van der Waals surface area contributed by atoms with Gasteiger partial charge in [-0.2, -0.15) is 5.10 Å². The van der Waals surface area contributed by atoms with Gasteiger partial charge >= 0.3 is 5.69 Å². The van der Waals surface area contributed by atoms with Crippen LogP contribution in [0, 0.1) is 0 Å². The molecule has 4 aromatic rings. The molecule has 1 fully saturated rings. The summed E-state index contributed by atoms with van der Waals surface area (Å²) < 4.78 is 8.59. The fourth-order valence-electron chi connectivity index (χ4n) is 4.42. The van der Waals surface area contributed by atoms with Crippen LogP contribution in [0.3, 0.4) is 0 Å². The molecule has 5 rings (SSSR count). The monoisotopic (exact) mass is 432 g/mol. The van der Waals surface area contributed by atoms with Crippen molar-refractivity contribution < 1.29 is 9.53 Å². The molecule has 3 aromatic heterocycles. The Morgan fingerprint density at radius 3 is 2.88 bits per heavy atom. The number of methoxy groups -OCH3 is 1. The number of imidazole rings is 1. The molecule has 0 spiro atoms. The Balaban J connectivity index is 1.43. The smallest absolute Gasteiger partial charge is 0.330 e. The Hall–Kier alpha value is -3.72. The molecule has 0 radical (unpaired) electrons. The van der Waals surface area contributed by atoms with Gasteiger partial charge in [0.25, 0.3) is 5.91 Å². The fourth-order valence-corrected chi connectivity index (χ4v) is 4.42. The van der Waals surface area contributed by atoms with Crippen molar-refractivity contribution in [2.24, 2.45) is 0 Å². The Labute approximate surface area is 184 Å². The molecule has 1 saturated heterocycles. The third-order valence-electron chi connectivity index (χ3n) is 5.99. The lowest BCUT2D eigenvalue weighted by Gasteiger charge is -2.17. The van der Waals surface area contributed by atoms with Crippen molar-refractivity contribution in [1.29, 1.82) is 0 Å². The number of pyridine rings is 1. The number of ether oxygens (including phenoxy) is 1. The zero-order valence-electron chi connectivity index (χ0n) is 17.8. The first-order valence-electron chi connectivity index (χ1n) is 10.6. The largest absolute Gasteiger partial charge is 0.383 e. The highest BCUT2D eigenvalue weighted by atomic mass is 16.5. The van der Waals surface area contributed by atoms with Gasteiger partial charge in [-0.25, -0.2) is 9.78 Å². The second-order valence-corrected chi connectivity index (χ2v) is 7.86. The maximum atomic E-state index is 13.3. The van der Waals surface area contributed by atoms with E-state index in [1.54, 1.807) is 33.5 Å². The average molecular weight is 432 g/mol. The number of carbonyl (C=O) groups excluding carboxylic acids is 1. The Morgan fingerprint density at radius 1 is 1.22 bits per heavy atom. The number of fused-ring (bicyclic) bond motifs is 1. The summed E-state index contributed by atoms with van der Waals surface area (Å²) in [5.74, 6) is -0.0933. The fraction of sp³-hybridized carbons (Fsp3) is 0.304. The van der Waals surface area contributed by atoms with E-state index in [2.05, 4.69) is 15.2 Å². The molecule has 0 aliphatic carbocycles. The zero-order valence-corrected chi connectivity index (χ0v) is 17.8. The van der Waals surface area contributed by atoms with Crippen LogP contribution in [-0.4, -0.2) is 61.9 Å². The summed E-state index contributed by atoms with van der Waals surface area (Å²) in [5.41, 5.74) is 3.44. The van der Waals surface area contributed by atoms with Gasteiger partial charge in [0.1, 0.15) is 0 Å². The minimum Gasteiger partial charge on any atom is -0.383 e. The molecule has 9 heteroatoms. The van der Waals surface area contributed by atoms with E-state index in [1.165, 1.54) is 0 Å². The second-order valence-electron chi connectivity index (χ2n) is 7.86. The molecule has 1 aliphatic rings. The Morgan fingerprint density at radius 2 is 2.06 bits per heavy atom. The molecule has 1 aromatic carbocycles. The van der Waals surface area contributed by atoms with E-state index >= 15 is 0 Å². The number of rotatable bonds is 6. The van der Waals surface area contributed by atoms with Crippen LogP contribution < -0.4 is 5.69 Å². The van der Waals surface area contributed by atoms with Crippen LogP contribution in [0.4, 0.5) is 0 Å². The Bertz CT molecular complexity index is 1310. The van der Waals surface area contributed by atoms with Crippen molar-refractivity contribution in [3.63, 3.8) is 0 Å². The van der Waals surface area contributed by atoms with Crippen LogP contribution in [0.5, 0.6) is 0 Å². The van der Waals surface area contributed by atoms with Crippen LogP contribution in [0.2, 0.25) is 0 Å².